The number of amides is 1. The molecule has 1 unspecified atom stereocenters. The molecule has 2 rings (SSSR count). The summed E-state index contributed by atoms with van der Waals surface area (Å²) >= 11 is 0. The predicted molar refractivity (Wildman–Crippen MR) is 106 cm³/mol. The third-order valence-corrected chi connectivity index (χ3v) is 4.43. The number of carbonyl (C=O) groups is 2. The van der Waals surface area contributed by atoms with Crippen molar-refractivity contribution in [1.29, 1.82) is 0 Å². The van der Waals surface area contributed by atoms with Crippen molar-refractivity contribution in [3.8, 4) is 0 Å². The number of nitrogens with zero attached hydrogens (tertiary/aromatic N) is 2. The Bertz CT molecular complexity index is 757. The van der Waals surface area contributed by atoms with Gasteiger partial charge in [0.2, 0.25) is 0 Å². The monoisotopic (exact) mass is 383 g/mol. The van der Waals surface area contributed by atoms with Gasteiger partial charge in [0, 0.05) is 24.6 Å². The Labute approximate surface area is 165 Å². The van der Waals surface area contributed by atoms with Crippen LogP contribution < -0.4 is 5.32 Å². The second-order valence-corrected chi connectivity index (χ2v) is 7.28. The van der Waals surface area contributed by atoms with Gasteiger partial charge in [0.05, 0.1) is 12.2 Å². The van der Waals surface area contributed by atoms with E-state index < -0.39 is 24.9 Å². The summed E-state index contributed by atoms with van der Waals surface area (Å²) in [5, 5.41) is 22.0. The molecule has 0 aliphatic heterocycles. The van der Waals surface area contributed by atoms with Gasteiger partial charge in [-0.05, 0) is 24.3 Å². The first-order chi connectivity index (χ1) is 13.4. The first-order valence-electron chi connectivity index (χ1n) is 9.36. The van der Waals surface area contributed by atoms with Gasteiger partial charge in [0.15, 0.2) is 5.78 Å². The molecule has 0 bridgehead atoms. The molecule has 0 aliphatic rings. The van der Waals surface area contributed by atoms with Crippen molar-refractivity contribution in [2.75, 3.05) is 0 Å². The van der Waals surface area contributed by atoms with E-state index in [0.717, 1.165) is 5.56 Å². The molecular formula is C20H26BN3O4. The van der Waals surface area contributed by atoms with Gasteiger partial charge < -0.3 is 15.4 Å². The van der Waals surface area contributed by atoms with Crippen LogP contribution in [-0.2, 0) is 11.2 Å². The molecule has 0 fully saturated rings. The lowest BCUT2D eigenvalue weighted by Crippen LogP contribution is -2.43. The van der Waals surface area contributed by atoms with E-state index in [1.54, 1.807) is 0 Å². The van der Waals surface area contributed by atoms with Crippen LogP contribution in [-0.4, -0.2) is 44.9 Å². The van der Waals surface area contributed by atoms with Crippen molar-refractivity contribution in [2.24, 2.45) is 5.92 Å². The van der Waals surface area contributed by atoms with Crippen LogP contribution in [0, 0.1) is 5.92 Å². The first-order valence-corrected chi connectivity index (χ1v) is 9.36. The number of rotatable bonds is 10. The fourth-order valence-corrected chi connectivity index (χ4v) is 3.06. The molecule has 1 heterocycles. The molecular weight excluding hydrogens is 357 g/mol. The van der Waals surface area contributed by atoms with E-state index in [-0.39, 0.29) is 23.8 Å². The minimum Gasteiger partial charge on any atom is -0.427 e. The normalized spacial score (nSPS) is 13.0. The average Bonchev–Trinajstić information content (AvgIpc) is 2.68. The van der Waals surface area contributed by atoms with E-state index in [1.807, 2.05) is 44.2 Å². The molecule has 0 saturated carbocycles. The molecule has 0 saturated heterocycles. The molecule has 0 spiro atoms. The third-order valence-electron chi connectivity index (χ3n) is 4.43. The summed E-state index contributed by atoms with van der Waals surface area (Å²) in [4.78, 5) is 33.3. The maximum Gasteiger partial charge on any atom is 0.455 e. The standard InChI is InChI=1S/C20H26BN3O4/c1-14(2)10-16(21(27)28)12-19(25)17(11-15-6-4-3-5-7-15)24-20(26)18-13-22-8-9-23-18/h3-9,13-14,16-17,27-28H,10-12H2,1-2H3,(H,24,26)/t16?,17-/m0/s1. The highest BCUT2D eigenvalue weighted by molar-refractivity contribution is 6.43. The summed E-state index contributed by atoms with van der Waals surface area (Å²) < 4.78 is 0. The fraction of sp³-hybridized carbons (Fsp3) is 0.400. The molecule has 3 N–H and O–H groups in total. The summed E-state index contributed by atoms with van der Waals surface area (Å²) in [5.74, 6) is -1.12. The summed E-state index contributed by atoms with van der Waals surface area (Å²) in [6.07, 6.45) is 4.97. The van der Waals surface area contributed by atoms with Gasteiger partial charge in [-0.3, -0.25) is 14.6 Å². The fourth-order valence-electron chi connectivity index (χ4n) is 3.06. The van der Waals surface area contributed by atoms with Crippen LogP contribution in [0.2, 0.25) is 5.82 Å². The maximum atomic E-state index is 12.9. The SMILES string of the molecule is CC(C)CC(CC(=O)[C@H](Cc1ccccc1)NC(=O)c1cnccn1)B(O)O. The Hall–Kier alpha value is -2.58. The van der Waals surface area contributed by atoms with E-state index in [1.165, 1.54) is 18.6 Å². The number of aromatic nitrogens is 2. The molecule has 148 valence electrons. The third kappa shape index (κ3) is 6.86. The Kier molecular flexibility index (Phi) is 8.29. The number of hydrogen-bond donors (Lipinski definition) is 3. The Balaban J connectivity index is 2.16. The quantitative estimate of drug-likeness (QED) is 0.538. The van der Waals surface area contributed by atoms with Crippen LogP contribution in [0.3, 0.4) is 0 Å². The van der Waals surface area contributed by atoms with E-state index in [4.69, 9.17) is 0 Å². The van der Waals surface area contributed by atoms with E-state index in [0.29, 0.717) is 12.8 Å². The van der Waals surface area contributed by atoms with E-state index >= 15 is 0 Å². The number of hydrogen-bond acceptors (Lipinski definition) is 6. The second kappa shape index (κ2) is 10.7. The number of ketones is 1. The lowest BCUT2D eigenvalue weighted by molar-refractivity contribution is -0.121. The van der Waals surface area contributed by atoms with Gasteiger partial charge in [0.25, 0.3) is 5.91 Å². The lowest BCUT2D eigenvalue weighted by Gasteiger charge is -2.22. The van der Waals surface area contributed by atoms with Crippen molar-refractivity contribution in [1.82, 2.24) is 15.3 Å². The van der Waals surface area contributed by atoms with Crippen molar-refractivity contribution < 1.29 is 19.6 Å². The van der Waals surface area contributed by atoms with Crippen LogP contribution in [0.15, 0.2) is 48.9 Å². The maximum absolute atomic E-state index is 12.9. The molecule has 0 aliphatic carbocycles. The molecule has 1 amide bonds. The van der Waals surface area contributed by atoms with Gasteiger partial charge in [-0.25, -0.2) is 4.98 Å². The zero-order valence-electron chi connectivity index (χ0n) is 16.2. The predicted octanol–water partition coefficient (Wildman–Crippen LogP) is 1.67. The molecule has 1 aromatic heterocycles. The molecule has 7 nitrogen and oxygen atoms in total. The average molecular weight is 383 g/mol. The van der Waals surface area contributed by atoms with Crippen LogP contribution in [0.25, 0.3) is 0 Å². The molecule has 2 atom stereocenters. The van der Waals surface area contributed by atoms with Gasteiger partial charge in [-0.1, -0.05) is 44.2 Å². The highest BCUT2D eigenvalue weighted by atomic mass is 16.4. The minimum absolute atomic E-state index is 0.0336. The highest BCUT2D eigenvalue weighted by Crippen LogP contribution is 2.24. The van der Waals surface area contributed by atoms with Gasteiger partial charge in [0.1, 0.15) is 5.69 Å². The smallest absolute Gasteiger partial charge is 0.427 e. The topological polar surface area (TPSA) is 112 Å². The van der Waals surface area contributed by atoms with Crippen molar-refractivity contribution in [2.45, 2.75) is 45.0 Å². The van der Waals surface area contributed by atoms with Crippen molar-refractivity contribution in [3.05, 3.63) is 60.2 Å². The number of Topliss-reactive ketones (excluding diaryl/α,β-unsaturated/α-hetero) is 1. The van der Waals surface area contributed by atoms with Crippen LogP contribution in [0.5, 0.6) is 0 Å². The van der Waals surface area contributed by atoms with Crippen LogP contribution in [0.1, 0.15) is 42.7 Å². The summed E-state index contributed by atoms with van der Waals surface area (Å²) in [6.45, 7) is 3.91. The van der Waals surface area contributed by atoms with Crippen LogP contribution >= 0.6 is 0 Å². The van der Waals surface area contributed by atoms with Gasteiger partial charge in [-0.2, -0.15) is 0 Å². The molecule has 1 aromatic carbocycles. The van der Waals surface area contributed by atoms with Gasteiger partial charge in [-0.15, -0.1) is 0 Å². The zero-order chi connectivity index (χ0) is 20.5. The number of nitrogens with one attached hydrogen (secondary N) is 1. The first kappa shape index (κ1) is 21.7. The Morgan fingerprint density at radius 3 is 2.43 bits per heavy atom. The summed E-state index contributed by atoms with van der Waals surface area (Å²) in [7, 11) is -1.58. The molecule has 28 heavy (non-hydrogen) atoms. The molecule has 8 heteroatoms. The van der Waals surface area contributed by atoms with Crippen molar-refractivity contribution >= 4 is 18.8 Å². The summed E-state index contributed by atoms with van der Waals surface area (Å²) in [5.41, 5.74) is 1.01. The second-order valence-electron chi connectivity index (χ2n) is 7.28. The Morgan fingerprint density at radius 1 is 1.14 bits per heavy atom. The van der Waals surface area contributed by atoms with Crippen LogP contribution in [0.4, 0.5) is 0 Å². The van der Waals surface area contributed by atoms with Crippen molar-refractivity contribution in [3.63, 3.8) is 0 Å². The number of benzene rings is 1. The minimum atomic E-state index is -1.58. The zero-order valence-corrected chi connectivity index (χ0v) is 16.2. The molecule has 2 aromatic rings. The number of carbonyl (C=O) groups excluding carboxylic acids is 2. The summed E-state index contributed by atoms with van der Waals surface area (Å²) in [6, 6.07) is 8.55. The lowest BCUT2D eigenvalue weighted by atomic mass is 9.66. The highest BCUT2D eigenvalue weighted by Gasteiger charge is 2.31. The molecule has 0 radical (unpaired) electrons. The van der Waals surface area contributed by atoms with E-state index in [2.05, 4.69) is 15.3 Å². The Morgan fingerprint density at radius 2 is 1.86 bits per heavy atom. The largest absolute Gasteiger partial charge is 0.455 e. The van der Waals surface area contributed by atoms with E-state index in [9.17, 15) is 19.6 Å². The van der Waals surface area contributed by atoms with Gasteiger partial charge >= 0.3 is 7.12 Å².